The molecule has 0 saturated carbocycles. The molecule has 2 nitrogen and oxygen atoms in total. The summed E-state index contributed by atoms with van der Waals surface area (Å²) in [6.45, 7) is 2.07. The lowest BCUT2D eigenvalue weighted by molar-refractivity contribution is 1.12. The number of fused-ring (bicyclic) bond motifs is 1. The van der Waals surface area contributed by atoms with Gasteiger partial charge in [0.05, 0.1) is 11.7 Å². The van der Waals surface area contributed by atoms with Crippen LogP contribution in [0.4, 0.5) is 0 Å². The molecule has 0 unspecified atom stereocenters. The van der Waals surface area contributed by atoms with Crippen molar-refractivity contribution >= 4 is 26.8 Å². The summed E-state index contributed by atoms with van der Waals surface area (Å²) in [6, 6.07) is 4.16. The molecule has 0 saturated heterocycles. The van der Waals surface area contributed by atoms with Gasteiger partial charge in [0.1, 0.15) is 0 Å². The Morgan fingerprint density at radius 1 is 1.47 bits per heavy atom. The van der Waals surface area contributed by atoms with Gasteiger partial charge in [0, 0.05) is 22.7 Å². The first-order chi connectivity index (χ1) is 7.31. The number of hydrogen-bond donors (Lipinski definition) is 1. The minimum atomic E-state index is 0.878. The van der Waals surface area contributed by atoms with Crippen LogP contribution in [0, 0.1) is 18.8 Å². The molecule has 0 atom stereocenters. The molecular weight excluding hydrogens is 252 g/mol. The van der Waals surface area contributed by atoms with Crippen molar-refractivity contribution in [3.8, 4) is 11.8 Å². The SMILES string of the molecule is Cc1cc2[nH]ncc2cc1C#CCCBr. The van der Waals surface area contributed by atoms with Crippen LogP contribution in [-0.2, 0) is 0 Å². The van der Waals surface area contributed by atoms with Crippen molar-refractivity contribution in [3.05, 3.63) is 29.5 Å². The summed E-state index contributed by atoms with van der Waals surface area (Å²) in [5.74, 6) is 6.30. The Kier molecular flexibility index (Phi) is 3.08. The number of H-pyrrole nitrogens is 1. The number of alkyl halides is 1. The van der Waals surface area contributed by atoms with E-state index >= 15 is 0 Å². The minimum absolute atomic E-state index is 0.878. The molecule has 0 aliphatic carbocycles. The number of benzene rings is 1. The zero-order valence-electron chi connectivity index (χ0n) is 8.47. The fraction of sp³-hybridized carbons (Fsp3) is 0.250. The van der Waals surface area contributed by atoms with Gasteiger partial charge in [-0.3, -0.25) is 5.10 Å². The van der Waals surface area contributed by atoms with E-state index in [2.05, 4.69) is 57.0 Å². The summed E-state index contributed by atoms with van der Waals surface area (Å²) in [5, 5.41) is 8.99. The van der Waals surface area contributed by atoms with Gasteiger partial charge >= 0.3 is 0 Å². The van der Waals surface area contributed by atoms with Crippen molar-refractivity contribution < 1.29 is 0 Å². The second-order valence-electron chi connectivity index (χ2n) is 3.37. The smallest absolute Gasteiger partial charge is 0.0653 e. The average Bonchev–Trinajstić information content (AvgIpc) is 2.65. The van der Waals surface area contributed by atoms with Crippen LogP contribution >= 0.6 is 15.9 Å². The van der Waals surface area contributed by atoms with E-state index in [1.807, 2.05) is 6.20 Å². The van der Waals surface area contributed by atoms with E-state index < -0.39 is 0 Å². The van der Waals surface area contributed by atoms with Crippen molar-refractivity contribution in [1.82, 2.24) is 10.2 Å². The van der Waals surface area contributed by atoms with E-state index in [-0.39, 0.29) is 0 Å². The number of halogens is 1. The lowest BCUT2D eigenvalue weighted by Gasteiger charge is -1.97. The zero-order chi connectivity index (χ0) is 10.7. The minimum Gasteiger partial charge on any atom is -0.278 e. The molecular formula is C12H11BrN2. The maximum atomic E-state index is 4.00. The van der Waals surface area contributed by atoms with E-state index in [0.29, 0.717) is 0 Å². The maximum Gasteiger partial charge on any atom is 0.0653 e. The van der Waals surface area contributed by atoms with Crippen LogP contribution in [-0.4, -0.2) is 15.5 Å². The highest BCUT2D eigenvalue weighted by molar-refractivity contribution is 9.09. The van der Waals surface area contributed by atoms with Gasteiger partial charge in [0.2, 0.25) is 0 Å². The molecule has 2 rings (SSSR count). The van der Waals surface area contributed by atoms with E-state index in [1.165, 1.54) is 5.56 Å². The van der Waals surface area contributed by atoms with E-state index in [9.17, 15) is 0 Å². The van der Waals surface area contributed by atoms with Gasteiger partial charge in [0.25, 0.3) is 0 Å². The van der Waals surface area contributed by atoms with Gasteiger partial charge in [-0.15, -0.1) is 0 Å². The number of nitrogens with zero attached hydrogens (tertiary/aromatic N) is 1. The first-order valence-corrected chi connectivity index (χ1v) is 5.92. The van der Waals surface area contributed by atoms with E-state index in [0.717, 1.165) is 28.2 Å². The molecule has 3 heteroatoms. The van der Waals surface area contributed by atoms with Gasteiger partial charge in [-0.1, -0.05) is 27.8 Å². The number of nitrogens with one attached hydrogen (secondary N) is 1. The molecule has 1 N–H and O–H groups in total. The quantitative estimate of drug-likeness (QED) is 0.621. The number of aromatic amines is 1. The van der Waals surface area contributed by atoms with Crippen LogP contribution in [0.2, 0.25) is 0 Å². The maximum absolute atomic E-state index is 4.00. The lowest BCUT2D eigenvalue weighted by Crippen LogP contribution is -1.82. The Morgan fingerprint density at radius 3 is 3.13 bits per heavy atom. The fourth-order valence-corrected chi connectivity index (χ4v) is 1.64. The molecule has 1 aromatic carbocycles. The topological polar surface area (TPSA) is 28.7 Å². The summed E-state index contributed by atoms with van der Waals surface area (Å²) >= 11 is 3.36. The summed E-state index contributed by atoms with van der Waals surface area (Å²) < 4.78 is 0. The molecule has 2 aromatic rings. The Bertz CT molecular complexity index is 531. The number of aryl methyl sites for hydroxylation is 1. The number of aromatic nitrogens is 2. The third kappa shape index (κ3) is 2.21. The summed E-state index contributed by atoms with van der Waals surface area (Å²) in [7, 11) is 0. The molecule has 0 amide bonds. The Labute approximate surface area is 97.2 Å². The molecule has 0 radical (unpaired) electrons. The van der Waals surface area contributed by atoms with Gasteiger partial charge in [0.15, 0.2) is 0 Å². The van der Waals surface area contributed by atoms with E-state index in [4.69, 9.17) is 0 Å². The van der Waals surface area contributed by atoms with Crippen LogP contribution in [0.25, 0.3) is 10.9 Å². The third-order valence-corrected chi connectivity index (χ3v) is 2.62. The van der Waals surface area contributed by atoms with Crippen LogP contribution in [0.1, 0.15) is 17.5 Å². The number of rotatable bonds is 1. The average molecular weight is 263 g/mol. The van der Waals surface area contributed by atoms with Crippen molar-refractivity contribution in [3.63, 3.8) is 0 Å². The normalized spacial score (nSPS) is 10.0. The molecule has 0 bridgehead atoms. The second-order valence-corrected chi connectivity index (χ2v) is 4.16. The molecule has 1 heterocycles. The predicted molar refractivity (Wildman–Crippen MR) is 66.1 cm³/mol. The number of hydrogen-bond acceptors (Lipinski definition) is 1. The van der Waals surface area contributed by atoms with Crippen LogP contribution in [0.5, 0.6) is 0 Å². The van der Waals surface area contributed by atoms with Crippen molar-refractivity contribution in [2.24, 2.45) is 0 Å². The molecule has 76 valence electrons. The molecule has 0 aliphatic heterocycles. The highest BCUT2D eigenvalue weighted by Gasteiger charge is 2.00. The van der Waals surface area contributed by atoms with Crippen LogP contribution < -0.4 is 0 Å². The highest BCUT2D eigenvalue weighted by Crippen LogP contribution is 2.16. The standard InChI is InChI=1S/C12H11BrN2/c1-9-6-12-11(8-14-15-12)7-10(9)4-2-3-5-13/h6-8H,3,5H2,1H3,(H,14,15). The van der Waals surface area contributed by atoms with E-state index in [1.54, 1.807) is 0 Å². The third-order valence-electron chi connectivity index (χ3n) is 2.23. The second kappa shape index (κ2) is 4.50. The largest absolute Gasteiger partial charge is 0.278 e. The highest BCUT2D eigenvalue weighted by atomic mass is 79.9. The van der Waals surface area contributed by atoms with Gasteiger partial charge in [-0.2, -0.15) is 5.10 Å². The molecule has 1 aromatic heterocycles. The van der Waals surface area contributed by atoms with Crippen molar-refractivity contribution in [2.45, 2.75) is 13.3 Å². The fourth-order valence-electron chi connectivity index (χ4n) is 1.44. The van der Waals surface area contributed by atoms with Gasteiger partial charge in [-0.25, -0.2) is 0 Å². The monoisotopic (exact) mass is 262 g/mol. The first-order valence-electron chi connectivity index (χ1n) is 4.80. The molecule has 15 heavy (non-hydrogen) atoms. The Balaban J connectivity index is 2.43. The van der Waals surface area contributed by atoms with Crippen LogP contribution in [0.3, 0.4) is 0 Å². The van der Waals surface area contributed by atoms with Crippen molar-refractivity contribution in [2.75, 3.05) is 5.33 Å². The summed E-state index contributed by atoms with van der Waals surface area (Å²) in [6.07, 6.45) is 2.70. The van der Waals surface area contributed by atoms with Gasteiger partial charge < -0.3 is 0 Å². The zero-order valence-corrected chi connectivity index (χ0v) is 10.1. The van der Waals surface area contributed by atoms with Crippen molar-refractivity contribution in [1.29, 1.82) is 0 Å². The predicted octanol–water partition coefficient (Wildman–Crippen LogP) is 3.01. The molecule has 0 fully saturated rings. The molecule has 0 aliphatic rings. The lowest BCUT2D eigenvalue weighted by atomic mass is 10.1. The Hall–Kier alpha value is -1.27. The van der Waals surface area contributed by atoms with Crippen LogP contribution in [0.15, 0.2) is 18.3 Å². The molecule has 0 spiro atoms. The Morgan fingerprint density at radius 2 is 2.33 bits per heavy atom. The summed E-state index contributed by atoms with van der Waals surface area (Å²) in [5.41, 5.74) is 3.34. The summed E-state index contributed by atoms with van der Waals surface area (Å²) in [4.78, 5) is 0. The van der Waals surface area contributed by atoms with Gasteiger partial charge in [-0.05, 0) is 24.6 Å². The first kappa shape index (κ1) is 10.3.